The molecule has 0 bridgehead atoms. The van der Waals surface area contributed by atoms with Gasteiger partial charge in [0.25, 0.3) is 0 Å². The topological polar surface area (TPSA) is 48.3 Å². The van der Waals surface area contributed by atoms with Crippen LogP contribution < -0.4 is 14.8 Å². The van der Waals surface area contributed by atoms with Crippen molar-refractivity contribution in [2.24, 2.45) is 0 Å². The minimum atomic E-state index is 0.231. The van der Waals surface area contributed by atoms with Gasteiger partial charge >= 0.3 is 0 Å². The van der Waals surface area contributed by atoms with Crippen molar-refractivity contribution >= 4 is 0 Å². The minimum Gasteiger partial charge on any atom is -0.497 e. The molecule has 0 aliphatic heterocycles. The van der Waals surface area contributed by atoms with Gasteiger partial charge in [0.05, 0.1) is 20.5 Å². The minimum absolute atomic E-state index is 0.231. The van der Waals surface area contributed by atoms with Gasteiger partial charge < -0.3 is 19.4 Å². The number of benzene rings is 2. The number of ether oxygens (including phenoxy) is 2. The SMILES string of the molecule is COc1cc(CN[C@H](C)c2ccc(-n3ccnc3)cc2)cc(OC)c1. The van der Waals surface area contributed by atoms with Gasteiger partial charge in [-0.2, -0.15) is 0 Å². The van der Waals surface area contributed by atoms with Gasteiger partial charge in [0.2, 0.25) is 0 Å². The standard InChI is InChI=1S/C20H23N3O2/c1-15(17-4-6-18(7-5-17)23-9-8-21-14-23)22-13-16-10-19(24-2)12-20(11-16)25-3/h4-12,14-15,22H,13H2,1-3H3/t15-/m1/s1. The van der Waals surface area contributed by atoms with Gasteiger partial charge in [-0.1, -0.05) is 12.1 Å². The Morgan fingerprint density at radius 1 is 1.04 bits per heavy atom. The number of methoxy groups -OCH3 is 2. The predicted octanol–water partition coefficient (Wildman–Crippen LogP) is 3.74. The quantitative estimate of drug-likeness (QED) is 0.713. The van der Waals surface area contributed by atoms with E-state index in [2.05, 4.69) is 41.5 Å². The summed E-state index contributed by atoms with van der Waals surface area (Å²) in [4.78, 5) is 4.08. The van der Waals surface area contributed by atoms with Crippen LogP contribution in [0.2, 0.25) is 0 Å². The molecule has 0 aliphatic rings. The van der Waals surface area contributed by atoms with Crippen LogP contribution in [-0.2, 0) is 6.54 Å². The third-order valence-corrected chi connectivity index (χ3v) is 4.22. The first-order chi connectivity index (χ1) is 12.2. The van der Waals surface area contributed by atoms with E-state index in [1.165, 1.54) is 5.56 Å². The first-order valence-corrected chi connectivity index (χ1v) is 8.23. The Balaban J connectivity index is 1.65. The first kappa shape index (κ1) is 17.0. The van der Waals surface area contributed by atoms with E-state index in [9.17, 15) is 0 Å². The van der Waals surface area contributed by atoms with E-state index in [0.717, 1.165) is 29.3 Å². The second-order valence-electron chi connectivity index (χ2n) is 5.88. The fourth-order valence-electron chi connectivity index (χ4n) is 2.70. The Hall–Kier alpha value is -2.79. The van der Waals surface area contributed by atoms with Gasteiger partial charge in [0, 0.05) is 36.7 Å². The fraction of sp³-hybridized carbons (Fsp3) is 0.250. The lowest BCUT2D eigenvalue weighted by molar-refractivity contribution is 0.392. The molecule has 0 amide bonds. The number of aromatic nitrogens is 2. The van der Waals surface area contributed by atoms with Gasteiger partial charge in [-0.25, -0.2) is 4.98 Å². The van der Waals surface area contributed by atoms with Crippen LogP contribution in [0.4, 0.5) is 0 Å². The number of rotatable bonds is 7. The van der Waals surface area contributed by atoms with Crippen molar-refractivity contribution in [2.45, 2.75) is 19.5 Å². The Kier molecular flexibility index (Phi) is 5.36. The predicted molar refractivity (Wildman–Crippen MR) is 98.4 cm³/mol. The highest BCUT2D eigenvalue weighted by molar-refractivity contribution is 5.39. The van der Waals surface area contributed by atoms with Crippen LogP contribution in [0.3, 0.4) is 0 Å². The summed E-state index contributed by atoms with van der Waals surface area (Å²) >= 11 is 0. The van der Waals surface area contributed by atoms with Crippen LogP contribution in [0.5, 0.6) is 11.5 Å². The molecular formula is C20H23N3O2. The maximum absolute atomic E-state index is 5.32. The number of imidazole rings is 1. The van der Waals surface area contributed by atoms with E-state index < -0.39 is 0 Å². The largest absolute Gasteiger partial charge is 0.497 e. The van der Waals surface area contributed by atoms with Crippen LogP contribution in [0, 0.1) is 0 Å². The summed E-state index contributed by atoms with van der Waals surface area (Å²) in [6.45, 7) is 2.89. The van der Waals surface area contributed by atoms with Crippen molar-refractivity contribution in [2.75, 3.05) is 14.2 Å². The fourth-order valence-corrected chi connectivity index (χ4v) is 2.70. The van der Waals surface area contributed by atoms with Gasteiger partial charge in [-0.05, 0) is 42.3 Å². The third kappa shape index (κ3) is 4.19. The molecule has 1 aromatic heterocycles. The second-order valence-corrected chi connectivity index (χ2v) is 5.88. The Labute approximate surface area is 148 Å². The van der Waals surface area contributed by atoms with Crippen molar-refractivity contribution in [3.63, 3.8) is 0 Å². The average Bonchev–Trinajstić information content (AvgIpc) is 3.20. The van der Waals surface area contributed by atoms with Crippen LogP contribution in [0.25, 0.3) is 5.69 Å². The van der Waals surface area contributed by atoms with Crippen molar-refractivity contribution in [1.29, 1.82) is 0 Å². The summed E-state index contributed by atoms with van der Waals surface area (Å²) < 4.78 is 12.6. The molecule has 0 unspecified atom stereocenters. The number of hydrogen-bond acceptors (Lipinski definition) is 4. The van der Waals surface area contributed by atoms with E-state index in [-0.39, 0.29) is 6.04 Å². The van der Waals surface area contributed by atoms with Crippen LogP contribution in [0.1, 0.15) is 24.1 Å². The molecule has 5 nitrogen and oxygen atoms in total. The highest BCUT2D eigenvalue weighted by atomic mass is 16.5. The van der Waals surface area contributed by atoms with Crippen LogP contribution in [-0.4, -0.2) is 23.8 Å². The second kappa shape index (κ2) is 7.85. The number of nitrogens with zero attached hydrogens (tertiary/aromatic N) is 2. The lowest BCUT2D eigenvalue weighted by Gasteiger charge is -2.16. The molecule has 0 saturated carbocycles. The Morgan fingerprint density at radius 3 is 2.28 bits per heavy atom. The van der Waals surface area contributed by atoms with Gasteiger partial charge in [-0.15, -0.1) is 0 Å². The zero-order valence-corrected chi connectivity index (χ0v) is 14.8. The van der Waals surface area contributed by atoms with E-state index in [1.807, 2.05) is 29.0 Å². The maximum Gasteiger partial charge on any atom is 0.122 e. The number of hydrogen-bond donors (Lipinski definition) is 1. The van der Waals surface area contributed by atoms with Crippen molar-refractivity contribution in [1.82, 2.24) is 14.9 Å². The zero-order chi connectivity index (χ0) is 17.6. The van der Waals surface area contributed by atoms with Gasteiger partial charge in [0.1, 0.15) is 11.5 Å². The summed E-state index contributed by atoms with van der Waals surface area (Å²) in [6.07, 6.45) is 5.51. The van der Waals surface area contributed by atoms with Gasteiger partial charge in [0.15, 0.2) is 0 Å². The molecular weight excluding hydrogens is 314 g/mol. The summed E-state index contributed by atoms with van der Waals surface area (Å²) in [7, 11) is 3.33. The summed E-state index contributed by atoms with van der Waals surface area (Å²) in [6, 6.07) is 14.6. The van der Waals surface area contributed by atoms with E-state index in [4.69, 9.17) is 9.47 Å². The normalized spacial score (nSPS) is 12.0. The molecule has 1 N–H and O–H groups in total. The molecule has 1 atom stereocenters. The first-order valence-electron chi connectivity index (χ1n) is 8.23. The summed E-state index contributed by atoms with van der Waals surface area (Å²) in [5, 5.41) is 3.54. The van der Waals surface area contributed by atoms with Crippen LogP contribution >= 0.6 is 0 Å². The molecule has 2 aromatic carbocycles. The monoisotopic (exact) mass is 337 g/mol. The molecule has 25 heavy (non-hydrogen) atoms. The van der Waals surface area contributed by atoms with E-state index in [0.29, 0.717) is 0 Å². The van der Waals surface area contributed by atoms with Crippen molar-refractivity contribution < 1.29 is 9.47 Å². The zero-order valence-electron chi connectivity index (χ0n) is 14.8. The molecule has 0 spiro atoms. The highest BCUT2D eigenvalue weighted by Crippen LogP contribution is 2.23. The Morgan fingerprint density at radius 2 is 1.72 bits per heavy atom. The average molecular weight is 337 g/mol. The molecule has 3 aromatic rings. The molecule has 130 valence electrons. The molecule has 0 fully saturated rings. The Bertz CT molecular complexity index is 776. The van der Waals surface area contributed by atoms with Gasteiger partial charge in [-0.3, -0.25) is 0 Å². The lowest BCUT2D eigenvalue weighted by Crippen LogP contribution is -2.18. The molecule has 0 saturated heterocycles. The van der Waals surface area contributed by atoms with E-state index in [1.54, 1.807) is 26.7 Å². The molecule has 0 aliphatic carbocycles. The molecule has 5 heteroatoms. The maximum atomic E-state index is 5.32. The molecule has 3 rings (SSSR count). The van der Waals surface area contributed by atoms with Crippen LogP contribution in [0.15, 0.2) is 61.2 Å². The third-order valence-electron chi connectivity index (χ3n) is 4.22. The number of nitrogens with one attached hydrogen (secondary N) is 1. The van der Waals surface area contributed by atoms with Crippen molar-refractivity contribution in [3.05, 3.63) is 72.3 Å². The van der Waals surface area contributed by atoms with Crippen molar-refractivity contribution in [3.8, 4) is 17.2 Å². The lowest BCUT2D eigenvalue weighted by atomic mass is 10.1. The molecule has 0 radical (unpaired) electrons. The summed E-state index contributed by atoms with van der Waals surface area (Å²) in [5.74, 6) is 1.60. The smallest absolute Gasteiger partial charge is 0.122 e. The highest BCUT2D eigenvalue weighted by Gasteiger charge is 2.07. The summed E-state index contributed by atoms with van der Waals surface area (Å²) in [5.41, 5.74) is 3.46. The molecule has 1 heterocycles. The van der Waals surface area contributed by atoms with E-state index >= 15 is 0 Å².